The summed E-state index contributed by atoms with van der Waals surface area (Å²) in [6.45, 7) is 2.93. The number of aryl methyl sites for hydroxylation is 1. The van der Waals surface area contributed by atoms with Crippen LogP contribution in [0.1, 0.15) is 28.8 Å². The fourth-order valence-electron chi connectivity index (χ4n) is 2.25. The highest BCUT2D eigenvalue weighted by molar-refractivity contribution is 5.98. The van der Waals surface area contributed by atoms with Crippen LogP contribution in [0.2, 0.25) is 0 Å². The Morgan fingerprint density at radius 3 is 2.63 bits per heavy atom. The molecule has 1 aromatic rings. The SMILES string of the molecule is Cc1ccc([N+](=O)[O-])c(C(=O)N2CCC(N)CC2)c1. The number of likely N-dealkylation sites (tertiary alicyclic amines) is 1. The molecule has 2 N–H and O–H groups in total. The molecule has 1 amide bonds. The minimum Gasteiger partial charge on any atom is -0.338 e. The van der Waals surface area contributed by atoms with Crippen molar-refractivity contribution in [2.45, 2.75) is 25.8 Å². The van der Waals surface area contributed by atoms with Crippen LogP contribution in [0.25, 0.3) is 0 Å². The van der Waals surface area contributed by atoms with Crippen molar-refractivity contribution in [2.24, 2.45) is 5.73 Å². The van der Waals surface area contributed by atoms with Gasteiger partial charge in [0.1, 0.15) is 5.56 Å². The Morgan fingerprint density at radius 2 is 2.05 bits per heavy atom. The van der Waals surface area contributed by atoms with Crippen LogP contribution < -0.4 is 5.73 Å². The van der Waals surface area contributed by atoms with Gasteiger partial charge in [-0.2, -0.15) is 0 Å². The van der Waals surface area contributed by atoms with E-state index in [4.69, 9.17) is 5.73 Å². The second kappa shape index (κ2) is 5.36. The van der Waals surface area contributed by atoms with Gasteiger partial charge in [0.25, 0.3) is 11.6 Å². The lowest BCUT2D eigenvalue weighted by atomic mass is 10.0. The van der Waals surface area contributed by atoms with Gasteiger partial charge in [-0.3, -0.25) is 14.9 Å². The Balaban J connectivity index is 2.27. The Morgan fingerprint density at radius 1 is 1.42 bits per heavy atom. The molecule has 0 bridgehead atoms. The van der Waals surface area contributed by atoms with Crippen LogP contribution in [-0.2, 0) is 0 Å². The van der Waals surface area contributed by atoms with Gasteiger partial charge in [-0.25, -0.2) is 0 Å². The minimum absolute atomic E-state index is 0.122. The summed E-state index contributed by atoms with van der Waals surface area (Å²) >= 11 is 0. The highest BCUT2D eigenvalue weighted by atomic mass is 16.6. The molecule has 1 saturated heterocycles. The van der Waals surface area contributed by atoms with Crippen LogP contribution in [0.4, 0.5) is 5.69 Å². The summed E-state index contributed by atoms with van der Waals surface area (Å²) in [4.78, 5) is 24.5. The van der Waals surface area contributed by atoms with E-state index in [0.717, 1.165) is 18.4 Å². The van der Waals surface area contributed by atoms with E-state index in [1.54, 1.807) is 17.0 Å². The van der Waals surface area contributed by atoms with E-state index < -0.39 is 4.92 Å². The summed E-state index contributed by atoms with van der Waals surface area (Å²) in [5.74, 6) is -0.276. The number of carbonyl (C=O) groups is 1. The van der Waals surface area contributed by atoms with Gasteiger partial charge in [0.05, 0.1) is 4.92 Å². The Kier molecular flexibility index (Phi) is 3.80. The van der Waals surface area contributed by atoms with Crippen molar-refractivity contribution < 1.29 is 9.72 Å². The topological polar surface area (TPSA) is 89.5 Å². The standard InChI is InChI=1S/C13H17N3O3/c1-9-2-3-12(16(18)19)11(8-9)13(17)15-6-4-10(14)5-7-15/h2-3,8,10H,4-7,14H2,1H3. The van der Waals surface area contributed by atoms with E-state index in [2.05, 4.69) is 0 Å². The van der Waals surface area contributed by atoms with Gasteiger partial charge in [-0.05, 0) is 31.4 Å². The molecule has 0 radical (unpaired) electrons. The molecule has 0 atom stereocenters. The second-order valence-corrected chi connectivity index (χ2v) is 4.91. The first-order chi connectivity index (χ1) is 8.99. The zero-order valence-corrected chi connectivity index (χ0v) is 10.8. The maximum absolute atomic E-state index is 12.4. The first-order valence-corrected chi connectivity index (χ1v) is 6.29. The normalized spacial score (nSPS) is 16.4. The summed E-state index contributed by atoms with van der Waals surface area (Å²) in [6.07, 6.45) is 1.48. The van der Waals surface area contributed by atoms with Gasteiger partial charge in [-0.1, -0.05) is 6.07 Å². The largest absolute Gasteiger partial charge is 0.338 e. The summed E-state index contributed by atoms with van der Waals surface area (Å²) < 4.78 is 0. The van der Waals surface area contributed by atoms with Crippen molar-refractivity contribution in [3.8, 4) is 0 Å². The van der Waals surface area contributed by atoms with Gasteiger partial charge >= 0.3 is 0 Å². The second-order valence-electron chi connectivity index (χ2n) is 4.91. The smallest absolute Gasteiger partial charge is 0.282 e. The molecule has 1 aliphatic heterocycles. The van der Waals surface area contributed by atoms with Crippen LogP contribution in [-0.4, -0.2) is 34.9 Å². The van der Waals surface area contributed by atoms with Crippen molar-refractivity contribution >= 4 is 11.6 Å². The number of nitrogens with zero attached hydrogens (tertiary/aromatic N) is 2. The minimum atomic E-state index is -0.512. The predicted octanol–water partition coefficient (Wildman–Crippen LogP) is 1.47. The number of benzene rings is 1. The van der Waals surface area contributed by atoms with Crippen molar-refractivity contribution in [1.82, 2.24) is 4.90 Å². The average molecular weight is 263 g/mol. The zero-order chi connectivity index (χ0) is 14.0. The van der Waals surface area contributed by atoms with Gasteiger partial charge in [0.15, 0.2) is 0 Å². The molecule has 0 saturated carbocycles. The van der Waals surface area contributed by atoms with E-state index in [0.29, 0.717) is 13.1 Å². The molecule has 0 spiro atoms. The summed E-state index contributed by atoms with van der Waals surface area (Å²) in [5, 5.41) is 11.0. The number of carbonyl (C=O) groups excluding carboxylic acids is 1. The third-order valence-electron chi connectivity index (χ3n) is 3.41. The fraction of sp³-hybridized carbons (Fsp3) is 0.462. The lowest BCUT2D eigenvalue weighted by Crippen LogP contribution is -2.43. The van der Waals surface area contributed by atoms with Crippen LogP contribution in [0.3, 0.4) is 0 Å². The maximum Gasteiger partial charge on any atom is 0.282 e. The number of nitro benzene ring substituents is 1. The first-order valence-electron chi connectivity index (χ1n) is 6.29. The van der Waals surface area contributed by atoms with Crippen molar-refractivity contribution in [3.05, 3.63) is 39.4 Å². The van der Waals surface area contributed by atoms with Crippen molar-refractivity contribution in [3.63, 3.8) is 0 Å². The molecular weight excluding hydrogens is 246 g/mol. The molecule has 6 heteroatoms. The number of nitro groups is 1. The number of hydrogen-bond acceptors (Lipinski definition) is 4. The highest BCUT2D eigenvalue weighted by Crippen LogP contribution is 2.23. The van der Waals surface area contributed by atoms with Crippen LogP contribution in [0.5, 0.6) is 0 Å². The molecule has 6 nitrogen and oxygen atoms in total. The number of nitrogens with two attached hydrogens (primary N) is 1. The summed E-state index contributed by atoms with van der Waals surface area (Å²) in [5.41, 5.74) is 6.66. The first kappa shape index (κ1) is 13.5. The van der Waals surface area contributed by atoms with Crippen LogP contribution in [0.15, 0.2) is 18.2 Å². The quantitative estimate of drug-likeness (QED) is 0.646. The molecule has 1 fully saturated rings. The van der Waals surface area contributed by atoms with Gasteiger partial charge in [-0.15, -0.1) is 0 Å². The zero-order valence-electron chi connectivity index (χ0n) is 10.8. The summed E-state index contributed by atoms with van der Waals surface area (Å²) in [6, 6.07) is 4.73. The van der Waals surface area contributed by atoms with E-state index in [1.165, 1.54) is 6.07 Å². The van der Waals surface area contributed by atoms with Crippen molar-refractivity contribution in [2.75, 3.05) is 13.1 Å². The maximum atomic E-state index is 12.4. The van der Waals surface area contributed by atoms with Crippen LogP contribution >= 0.6 is 0 Å². The van der Waals surface area contributed by atoms with Gasteiger partial charge in [0, 0.05) is 25.2 Å². The molecule has 1 aliphatic rings. The highest BCUT2D eigenvalue weighted by Gasteiger charge is 2.27. The predicted molar refractivity (Wildman–Crippen MR) is 70.9 cm³/mol. The average Bonchev–Trinajstić information content (AvgIpc) is 2.38. The van der Waals surface area contributed by atoms with Crippen LogP contribution in [0, 0.1) is 17.0 Å². The number of amides is 1. The monoisotopic (exact) mass is 263 g/mol. The lowest BCUT2D eigenvalue weighted by molar-refractivity contribution is -0.385. The van der Waals surface area contributed by atoms with E-state index >= 15 is 0 Å². The van der Waals surface area contributed by atoms with E-state index in [1.807, 2.05) is 6.92 Å². The molecule has 0 aromatic heterocycles. The third kappa shape index (κ3) is 2.90. The number of hydrogen-bond donors (Lipinski definition) is 1. The van der Waals surface area contributed by atoms with Crippen molar-refractivity contribution in [1.29, 1.82) is 0 Å². The Bertz CT molecular complexity index is 508. The lowest BCUT2D eigenvalue weighted by Gasteiger charge is -2.30. The molecule has 0 aliphatic carbocycles. The summed E-state index contributed by atoms with van der Waals surface area (Å²) in [7, 11) is 0. The van der Waals surface area contributed by atoms with Gasteiger partial charge < -0.3 is 10.6 Å². The molecule has 1 heterocycles. The molecular formula is C13H17N3O3. The number of rotatable bonds is 2. The fourth-order valence-corrected chi connectivity index (χ4v) is 2.25. The Hall–Kier alpha value is -1.95. The van der Waals surface area contributed by atoms with E-state index in [9.17, 15) is 14.9 Å². The molecule has 1 aromatic carbocycles. The Labute approximate surface area is 111 Å². The number of piperidine rings is 1. The van der Waals surface area contributed by atoms with Gasteiger partial charge in [0.2, 0.25) is 0 Å². The third-order valence-corrected chi connectivity index (χ3v) is 3.41. The molecule has 102 valence electrons. The molecule has 19 heavy (non-hydrogen) atoms. The van der Waals surface area contributed by atoms with E-state index in [-0.39, 0.29) is 23.2 Å². The molecule has 2 rings (SSSR count). The molecule has 0 unspecified atom stereocenters.